The number of nitrogens with one attached hydrogen (secondary N) is 2. The van der Waals surface area contributed by atoms with E-state index in [-0.39, 0.29) is 11.8 Å². The molecule has 3 aromatic rings. The average molecular weight is 406 g/mol. The Morgan fingerprint density at radius 2 is 1.48 bits per heavy atom. The van der Waals surface area contributed by atoms with Gasteiger partial charge in [-0.25, -0.2) is 5.43 Å². The molecule has 0 fully saturated rings. The van der Waals surface area contributed by atoms with Gasteiger partial charge in [-0.3, -0.25) is 9.59 Å². The molecule has 0 aliphatic carbocycles. The summed E-state index contributed by atoms with van der Waals surface area (Å²) in [6.45, 7) is 3.73. The van der Waals surface area contributed by atoms with E-state index in [1.807, 2.05) is 37.3 Å². The number of amides is 2. The normalized spacial score (nSPS) is 11.1. The van der Waals surface area contributed by atoms with Crippen LogP contribution >= 0.6 is 11.6 Å². The third-order valence-electron chi connectivity index (χ3n) is 4.27. The highest BCUT2D eigenvalue weighted by atomic mass is 35.5. The Morgan fingerprint density at radius 3 is 2.14 bits per heavy atom. The molecule has 0 saturated heterocycles. The van der Waals surface area contributed by atoms with E-state index in [0.29, 0.717) is 27.5 Å². The lowest BCUT2D eigenvalue weighted by molar-refractivity contribution is 0.0954. The molecule has 5 nitrogen and oxygen atoms in total. The first-order chi connectivity index (χ1) is 13.9. The van der Waals surface area contributed by atoms with Gasteiger partial charge in [0.15, 0.2) is 0 Å². The van der Waals surface area contributed by atoms with E-state index >= 15 is 0 Å². The number of hydrogen-bond acceptors (Lipinski definition) is 3. The zero-order valence-corrected chi connectivity index (χ0v) is 16.8. The van der Waals surface area contributed by atoms with Crippen molar-refractivity contribution < 1.29 is 9.59 Å². The Hall–Kier alpha value is -3.44. The van der Waals surface area contributed by atoms with Crippen LogP contribution in [0, 0.1) is 6.92 Å². The molecule has 29 heavy (non-hydrogen) atoms. The summed E-state index contributed by atoms with van der Waals surface area (Å²) in [5.74, 6) is -0.538. The van der Waals surface area contributed by atoms with Crippen LogP contribution in [-0.4, -0.2) is 17.5 Å². The van der Waals surface area contributed by atoms with Gasteiger partial charge in [0.2, 0.25) is 0 Å². The molecule has 0 aromatic heterocycles. The van der Waals surface area contributed by atoms with E-state index in [0.717, 1.165) is 11.1 Å². The number of nitrogens with zero attached hydrogens (tertiary/aromatic N) is 1. The Kier molecular flexibility index (Phi) is 6.42. The average Bonchev–Trinajstić information content (AvgIpc) is 2.73. The van der Waals surface area contributed by atoms with Crippen molar-refractivity contribution in [2.45, 2.75) is 13.8 Å². The maximum Gasteiger partial charge on any atom is 0.271 e. The van der Waals surface area contributed by atoms with Crippen LogP contribution in [0.2, 0.25) is 5.02 Å². The molecule has 3 aromatic carbocycles. The van der Waals surface area contributed by atoms with Gasteiger partial charge in [0.1, 0.15) is 0 Å². The quantitative estimate of drug-likeness (QED) is 0.460. The minimum atomic E-state index is -0.338. The van der Waals surface area contributed by atoms with Crippen molar-refractivity contribution in [3.05, 3.63) is 100 Å². The van der Waals surface area contributed by atoms with Gasteiger partial charge in [-0.2, -0.15) is 5.10 Å². The molecular weight excluding hydrogens is 386 g/mol. The number of carbonyl (C=O) groups is 2. The predicted octanol–water partition coefficient (Wildman–Crippen LogP) is 5.05. The van der Waals surface area contributed by atoms with Crippen LogP contribution in [-0.2, 0) is 0 Å². The van der Waals surface area contributed by atoms with Gasteiger partial charge in [-0.1, -0.05) is 41.4 Å². The van der Waals surface area contributed by atoms with E-state index in [2.05, 4.69) is 15.8 Å². The number of hydrazone groups is 1. The topological polar surface area (TPSA) is 70.6 Å². The molecular formula is C23H20ClN3O2. The van der Waals surface area contributed by atoms with Crippen molar-refractivity contribution in [1.29, 1.82) is 0 Å². The zero-order chi connectivity index (χ0) is 20.8. The molecule has 0 radical (unpaired) electrons. The molecule has 3 rings (SSSR count). The maximum absolute atomic E-state index is 12.3. The summed E-state index contributed by atoms with van der Waals surface area (Å²) in [7, 11) is 0. The minimum absolute atomic E-state index is 0.200. The number of halogens is 1. The molecule has 0 atom stereocenters. The first-order valence-corrected chi connectivity index (χ1v) is 9.39. The third kappa shape index (κ3) is 5.53. The molecule has 0 unspecified atom stereocenters. The van der Waals surface area contributed by atoms with Crippen LogP contribution < -0.4 is 10.7 Å². The van der Waals surface area contributed by atoms with Crippen LogP contribution in [0.25, 0.3) is 0 Å². The molecule has 2 N–H and O–H groups in total. The number of rotatable bonds is 5. The van der Waals surface area contributed by atoms with E-state index in [1.165, 1.54) is 0 Å². The minimum Gasteiger partial charge on any atom is -0.322 e. The second-order valence-electron chi connectivity index (χ2n) is 6.55. The summed E-state index contributed by atoms with van der Waals surface area (Å²) < 4.78 is 0. The number of aryl methyl sites for hydroxylation is 1. The largest absolute Gasteiger partial charge is 0.322 e. The van der Waals surface area contributed by atoms with Crippen molar-refractivity contribution in [1.82, 2.24) is 5.43 Å². The van der Waals surface area contributed by atoms with Crippen molar-refractivity contribution >= 4 is 34.8 Å². The summed E-state index contributed by atoms with van der Waals surface area (Å²) >= 11 is 5.87. The Bertz CT molecular complexity index is 1060. The fourth-order valence-corrected chi connectivity index (χ4v) is 2.78. The lowest BCUT2D eigenvalue weighted by atomic mass is 10.1. The van der Waals surface area contributed by atoms with Gasteiger partial charge in [0.25, 0.3) is 11.8 Å². The molecule has 0 saturated carbocycles. The first-order valence-electron chi connectivity index (χ1n) is 9.01. The lowest BCUT2D eigenvalue weighted by Gasteiger charge is -2.07. The second-order valence-corrected chi connectivity index (χ2v) is 6.98. The summed E-state index contributed by atoms with van der Waals surface area (Å²) in [6.07, 6.45) is 0. The zero-order valence-electron chi connectivity index (χ0n) is 16.1. The van der Waals surface area contributed by atoms with Gasteiger partial charge < -0.3 is 5.32 Å². The van der Waals surface area contributed by atoms with Crippen molar-refractivity contribution in [2.75, 3.05) is 5.32 Å². The van der Waals surface area contributed by atoms with Crippen LogP contribution in [0.4, 0.5) is 5.69 Å². The highest BCUT2D eigenvalue weighted by Crippen LogP contribution is 2.13. The van der Waals surface area contributed by atoms with E-state index < -0.39 is 0 Å². The molecule has 0 spiro atoms. The van der Waals surface area contributed by atoms with Crippen LogP contribution in [0.15, 0.2) is 77.9 Å². The standard InChI is InChI=1S/C23H20ClN3O2/c1-15-4-3-5-19(14-15)22(28)25-21-12-8-18(9-13-21)23(29)27-26-16(2)17-6-10-20(24)11-7-17/h3-14H,1-2H3,(H,25,28)(H,27,29). The molecule has 2 amide bonds. The number of benzene rings is 3. The molecule has 0 aliphatic heterocycles. The highest BCUT2D eigenvalue weighted by molar-refractivity contribution is 6.30. The predicted molar refractivity (Wildman–Crippen MR) is 117 cm³/mol. The van der Waals surface area contributed by atoms with Crippen molar-refractivity contribution in [3.8, 4) is 0 Å². The van der Waals surface area contributed by atoms with Crippen LogP contribution in [0.3, 0.4) is 0 Å². The van der Waals surface area contributed by atoms with E-state index in [9.17, 15) is 9.59 Å². The summed E-state index contributed by atoms with van der Waals surface area (Å²) in [6, 6.07) is 21.2. The lowest BCUT2D eigenvalue weighted by Crippen LogP contribution is -2.19. The third-order valence-corrected chi connectivity index (χ3v) is 4.52. The van der Waals surface area contributed by atoms with Gasteiger partial charge in [-0.15, -0.1) is 0 Å². The van der Waals surface area contributed by atoms with Crippen LogP contribution in [0.1, 0.15) is 38.8 Å². The first kappa shape index (κ1) is 20.3. The molecule has 0 aliphatic rings. The summed E-state index contributed by atoms with van der Waals surface area (Å²) in [4.78, 5) is 24.6. The van der Waals surface area contributed by atoms with E-state index in [1.54, 1.807) is 49.4 Å². The Balaban J connectivity index is 1.62. The number of carbonyl (C=O) groups excluding carboxylic acids is 2. The van der Waals surface area contributed by atoms with Gasteiger partial charge in [-0.05, 0) is 67.9 Å². The SMILES string of the molecule is CC(=NNC(=O)c1ccc(NC(=O)c2cccc(C)c2)cc1)c1ccc(Cl)cc1. The second kappa shape index (κ2) is 9.17. The summed E-state index contributed by atoms with van der Waals surface area (Å²) in [5.41, 5.74) is 6.70. The fraction of sp³-hybridized carbons (Fsp3) is 0.0870. The molecule has 6 heteroatoms. The number of hydrogen-bond donors (Lipinski definition) is 2. The molecule has 146 valence electrons. The monoisotopic (exact) mass is 405 g/mol. The van der Waals surface area contributed by atoms with Crippen molar-refractivity contribution in [3.63, 3.8) is 0 Å². The Labute approximate surface area is 174 Å². The fourth-order valence-electron chi connectivity index (χ4n) is 2.65. The smallest absolute Gasteiger partial charge is 0.271 e. The molecule has 0 bridgehead atoms. The van der Waals surface area contributed by atoms with Crippen LogP contribution in [0.5, 0.6) is 0 Å². The number of anilines is 1. The van der Waals surface area contributed by atoms with E-state index in [4.69, 9.17) is 11.6 Å². The van der Waals surface area contributed by atoms with Gasteiger partial charge in [0, 0.05) is 21.8 Å². The van der Waals surface area contributed by atoms with Gasteiger partial charge in [0.05, 0.1) is 5.71 Å². The van der Waals surface area contributed by atoms with Gasteiger partial charge >= 0.3 is 0 Å². The highest BCUT2D eigenvalue weighted by Gasteiger charge is 2.08. The molecule has 0 heterocycles. The van der Waals surface area contributed by atoms with Crippen molar-refractivity contribution in [2.24, 2.45) is 5.10 Å². The maximum atomic E-state index is 12.3. The Morgan fingerprint density at radius 1 is 0.828 bits per heavy atom. The summed E-state index contributed by atoms with van der Waals surface area (Å²) in [5, 5.41) is 7.58.